The third kappa shape index (κ3) is 31.3. The molecule has 0 aromatic carbocycles. The molecule has 0 aromatic rings. The van der Waals surface area contributed by atoms with Crippen molar-refractivity contribution >= 4 is 11.6 Å². The number of hydrogen-bond donors (Lipinski definition) is 0. The number of unbranched alkanes of at least 4 members (excludes halogenated alkanes) is 11. The lowest BCUT2D eigenvalue weighted by molar-refractivity contribution is -0.116. The van der Waals surface area contributed by atoms with Gasteiger partial charge in [0.15, 0.2) is 11.6 Å². The Morgan fingerprint density at radius 2 is 1.28 bits per heavy atom. The zero-order valence-electron chi connectivity index (χ0n) is 40.2. The van der Waals surface area contributed by atoms with Gasteiger partial charge < -0.3 is 4.74 Å². The van der Waals surface area contributed by atoms with E-state index in [0.717, 1.165) is 88.3 Å². The Morgan fingerprint density at radius 1 is 0.719 bits per heavy atom. The molecule has 0 N–H and O–H groups in total. The molecule has 1 fully saturated rings. The van der Waals surface area contributed by atoms with Crippen LogP contribution >= 0.6 is 0 Å². The van der Waals surface area contributed by atoms with Crippen LogP contribution in [0.3, 0.4) is 0 Å². The molecule has 0 amide bonds. The largest absolute Gasteiger partial charge is 0.380 e. The van der Waals surface area contributed by atoms with Gasteiger partial charge >= 0.3 is 0 Å². The summed E-state index contributed by atoms with van der Waals surface area (Å²) in [5, 5.41) is 0. The first kappa shape index (κ1) is 60.0. The van der Waals surface area contributed by atoms with Crippen LogP contribution in [0.15, 0.2) is 23.3 Å². The van der Waals surface area contributed by atoms with Crippen LogP contribution < -0.4 is 0 Å². The standard InChI is InChI=1S/C46H82NO3.3C2H6.CH4/c1-8-11-18-27-39(28-19-12-9-2)29-24-26-38(4)44(48)30-20-14-13-16-22-32-47-36-40(42-35-43(42)45(49)25-10-3)34-41(47)37-50-33-23-17-15-21-31-46(5,6)7;3*1-2;/h35,39-41H,4,8-34,36-37H2,1-3,5-7H3;3*1-2H3;1H4/t40-,41-;;;;/m0..../s1. The molecule has 2 atom stereocenters. The molecule has 4 nitrogen and oxygen atoms in total. The van der Waals surface area contributed by atoms with Gasteiger partial charge in [-0.1, -0.05) is 193 Å². The van der Waals surface area contributed by atoms with Crippen molar-refractivity contribution in [3.63, 3.8) is 0 Å². The maximum Gasteiger partial charge on any atom is 0.159 e. The van der Waals surface area contributed by atoms with Gasteiger partial charge in [0, 0.05) is 44.0 Å². The molecule has 1 radical (unpaired) electrons. The maximum absolute atomic E-state index is 12.8. The van der Waals surface area contributed by atoms with Gasteiger partial charge in [-0.05, 0) is 86.3 Å². The second kappa shape index (κ2) is 40.2. The van der Waals surface area contributed by atoms with E-state index in [0.29, 0.717) is 41.8 Å². The normalized spacial score (nSPS) is 16.2. The molecular weight excluding hydrogens is 699 g/mol. The lowest BCUT2D eigenvalue weighted by Crippen LogP contribution is -2.34. The van der Waals surface area contributed by atoms with Crippen LogP contribution in [0, 0.1) is 23.7 Å². The number of Topliss-reactive ketones (excluding diaryl/α,β-unsaturated/α-hetero) is 2. The van der Waals surface area contributed by atoms with Crippen LogP contribution in [0.1, 0.15) is 251 Å². The summed E-state index contributed by atoms with van der Waals surface area (Å²) in [5.74, 6) is 1.97. The van der Waals surface area contributed by atoms with E-state index in [1.54, 1.807) is 0 Å². The molecule has 0 spiro atoms. The highest BCUT2D eigenvalue weighted by Gasteiger charge is 2.40. The summed E-state index contributed by atoms with van der Waals surface area (Å²) in [7, 11) is 0. The number of likely N-dealkylation sites (tertiary alicyclic amines) is 1. The minimum Gasteiger partial charge on any atom is -0.380 e. The van der Waals surface area contributed by atoms with Gasteiger partial charge in [-0.15, -0.1) is 0 Å². The third-order valence-corrected chi connectivity index (χ3v) is 11.3. The van der Waals surface area contributed by atoms with Crippen molar-refractivity contribution in [3.8, 4) is 0 Å². The fraction of sp³-hybridized carbons (Fsp3) is 0.868. The SMILES string of the molecule is C.C=C(CCCC(CCCCC)CCCCC)C(=O)CCCCCCCN1C[C@@H](C2=C(C(=O)CCC)[CH]2)C[C@H]1COCCCCCCC(C)(C)C.CC.CC.CC. The fourth-order valence-electron chi connectivity index (χ4n) is 8.00. The zero-order chi connectivity index (χ0) is 42.6. The average molecular weight is 803 g/mol. The molecule has 0 aromatic heterocycles. The van der Waals surface area contributed by atoms with Gasteiger partial charge in [0.25, 0.3) is 0 Å². The highest BCUT2D eigenvalue weighted by molar-refractivity contribution is 6.05. The minimum atomic E-state index is 0. The Hall–Kier alpha value is -1.26. The van der Waals surface area contributed by atoms with E-state index in [1.807, 2.05) is 41.5 Å². The number of carbonyl (C=O) groups excluding carboxylic acids is 2. The van der Waals surface area contributed by atoms with Crippen LogP contribution in [0.4, 0.5) is 0 Å². The quantitative estimate of drug-likeness (QED) is 0.0490. The number of nitrogens with zero attached hydrogens (tertiary/aromatic N) is 1. The van der Waals surface area contributed by atoms with E-state index >= 15 is 0 Å². The molecule has 1 heterocycles. The van der Waals surface area contributed by atoms with Crippen molar-refractivity contribution in [2.45, 2.75) is 257 Å². The monoisotopic (exact) mass is 803 g/mol. The van der Waals surface area contributed by atoms with E-state index in [2.05, 4.69) is 59.4 Å². The number of allylic oxidation sites excluding steroid dienone is 2. The van der Waals surface area contributed by atoms with Gasteiger partial charge in [-0.2, -0.15) is 0 Å². The van der Waals surface area contributed by atoms with Gasteiger partial charge in [-0.25, -0.2) is 0 Å². The van der Waals surface area contributed by atoms with Gasteiger partial charge in [0.05, 0.1) is 6.61 Å². The number of hydrogen-bond acceptors (Lipinski definition) is 4. The summed E-state index contributed by atoms with van der Waals surface area (Å²) in [5.41, 5.74) is 3.67. The first-order valence-electron chi connectivity index (χ1n) is 24.7. The minimum absolute atomic E-state index is 0. The van der Waals surface area contributed by atoms with Crippen molar-refractivity contribution in [1.29, 1.82) is 0 Å². The Labute approximate surface area is 360 Å². The Kier molecular flexibility index (Phi) is 42.3. The van der Waals surface area contributed by atoms with E-state index < -0.39 is 0 Å². The van der Waals surface area contributed by atoms with E-state index in [-0.39, 0.29) is 7.43 Å². The number of rotatable bonds is 33. The first-order valence-corrected chi connectivity index (χ1v) is 24.7. The van der Waals surface area contributed by atoms with E-state index in [4.69, 9.17) is 4.74 Å². The molecule has 2 rings (SSSR count). The molecule has 1 aliphatic heterocycles. The predicted molar refractivity (Wildman–Crippen MR) is 256 cm³/mol. The molecule has 1 saturated heterocycles. The van der Waals surface area contributed by atoms with Crippen LogP contribution in [0.25, 0.3) is 0 Å². The third-order valence-electron chi connectivity index (χ3n) is 11.3. The number of ketones is 2. The van der Waals surface area contributed by atoms with Crippen LogP contribution in [0.5, 0.6) is 0 Å². The molecule has 339 valence electrons. The summed E-state index contributed by atoms with van der Waals surface area (Å²) >= 11 is 0. The molecule has 2 aliphatic rings. The summed E-state index contributed by atoms with van der Waals surface area (Å²) in [6, 6.07) is 0.455. The predicted octanol–water partition coefficient (Wildman–Crippen LogP) is 16.7. The average Bonchev–Trinajstić information content (AvgIpc) is 3.90. The summed E-state index contributed by atoms with van der Waals surface area (Å²) in [6.07, 6.45) is 31.6. The second-order valence-electron chi connectivity index (χ2n) is 17.4. The smallest absolute Gasteiger partial charge is 0.159 e. The molecule has 0 unspecified atom stereocenters. The van der Waals surface area contributed by atoms with Crippen molar-refractivity contribution in [2.75, 3.05) is 26.3 Å². The molecule has 4 heteroatoms. The maximum atomic E-state index is 12.8. The highest BCUT2D eigenvalue weighted by atomic mass is 16.5. The van der Waals surface area contributed by atoms with Gasteiger partial charge in [0.2, 0.25) is 0 Å². The highest BCUT2D eigenvalue weighted by Crippen LogP contribution is 2.43. The number of ether oxygens (including phenoxy) is 1. The lowest BCUT2D eigenvalue weighted by atomic mass is 9.89. The van der Waals surface area contributed by atoms with Crippen LogP contribution in [-0.4, -0.2) is 48.8 Å². The Morgan fingerprint density at radius 3 is 1.88 bits per heavy atom. The molecular formula is C53H104NO3. The second-order valence-corrected chi connectivity index (χ2v) is 17.4. The van der Waals surface area contributed by atoms with Crippen molar-refractivity contribution < 1.29 is 14.3 Å². The van der Waals surface area contributed by atoms with Crippen LogP contribution in [0.2, 0.25) is 0 Å². The summed E-state index contributed by atoms with van der Waals surface area (Å²) < 4.78 is 6.26. The topological polar surface area (TPSA) is 46.6 Å². The lowest BCUT2D eigenvalue weighted by Gasteiger charge is -2.24. The molecule has 1 aliphatic carbocycles. The Bertz CT molecular complexity index is 965. The molecule has 0 bridgehead atoms. The molecule has 0 saturated carbocycles. The van der Waals surface area contributed by atoms with Crippen LogP contribution in [-0.2, 0) is 14.3 Å². The Balaban J connectivity index is -0.00000396. The zero-order valence-corrected chi connectivity index (χ0v) is 40.2. The summed E-state index contributed by atoms with van der Waals surface area (Å²) in [6.45, 7) is 33.7. The van der Waals surface area contributed by atoms with Crippen molar-refractivity contribution in [2.24, 2.45) is 17.3 Å². The van der Waals surface area contributed by atoms with Crippen molar-refractivity contribution in [1.82, 2.24) is 4.90 Å². The summed E-state index contributed by atoms with van der Waals surface area (Å²) in [4.78, 5) is 27.9. The number of carbonyl (C=O) groups is 2. The fourth-order valence-corrected chi connectivity index (χ4v) is 8.00. The first-order chi connectivity index (χ1) is 27.1. The molecule has 57 heavy (non-hydrogen) atoms. The van der Waals surface area contributed by atoms with Gasteiger partial charge in [-0.3, -0.25) is 14.5 Å². The van der Waals surface area contributed by atoms with Crippen molar-refractivity contribution in [3.05, 3.63) is 29.7 Å². The van der Waals surface area contributed by atoms with Gasteiger partial charge in [0.1, 0.15) is 0 Å². The van der Waals surface area contributed by atoms with E-state index in [9.17, 15) is 9.59 Å². The van der Waals surface area contributed by atoms with E-state index in [1.165, 1.54) is 108 Å².